The third-order valence-electron chi connectivity index (χ3n) is 1.70. The van der Waals surface area contributed by atoms with E-state index in [1.165, 1.54) is 0 Å². The molecule has 10 heteroatoms. The van der Waals surface area contributed by atoms with Crippen LogP contribution in [0.1, 0.15) is 34.1 Å². The number of carbonyl (C=O) groups excluding carboxylic acids is 1. The van der Waals surface area contributed by atoms with E-state index in [9.17, 15) is 19.2 Å². The number of rotatable bonds is 7. The van der Waals surface area contributed by atoms with Crippen molar-refractivity contribution in [3.63, 3.8) is 0 Å². The van der Waals surface area contributed by atoms with Crippen molar-refractivity contribution in [3.05, 3.63) is 23.8 Å². The van der Waals surface area contributed by atoms with Crippen molar-refractivity contribution in [1.82, 2.24) is 0 Å². The zero-order valence-electron chi connectivity index (χ0n) is 13.6. The van der Waals surface area contributed by atoms with Crippen molar-refractivity contribution >= 4 is 23.9 Å². The van der Waals surface area contributed by atoms with E-state index in [0.717, 1.165) is 6.08 Å². The normalized spacial score (nSPS) is 11.4. The number of carboxylic acids is 3. The quantitative estimate of drug-likeness (QED) is 0.348. The smallest absolute Gasteiger partial charge is 0.372 e. The van der Waals surface area contributed by atoms with E-state index < -0.39 is 29.5 Å². The minimum atomic E-state index is -1.26. The van der Waals surface area contributed by atoms with Crippen LogP contribution in [0.15, 0.2) is 23.8 Å². The first-order valence-electron chi connectivity index (χ1n) is 6.53. The summed E-state index contributed by atoms with van der Waals surface area (Å²) < 4.78 is 0. The third-order valence-corrected chi connectivity index (χ3v) is 1.70. The van der Waals surface area contributed by atoms with Crippen molar-refractivity contribution in [2.24, 2.45) is 0 Å². The average Bonchev–Trinajstić information content (AvgIpc) is 2.41. The molecule has 0 heterocycles. The lowest BCUT2D eigenvalue weighted by atomic mass is 10.2. The maximum absolute atomic E-state index is 11.2. The fraction of sp³-hybridized carbons (Fsp3) is 0.429. The lowest BCUT2D eigenvalue weighted by Crippen LogP contribution is -2.21. The molecular weight excluding hydrogens is 328 g/mol. The van der Waals surface area contributed by atoms with Crippen LogP contribution in [-0.4, -0.2) is 44.8 Å². The zero-order chi connectivity index (χ0) is 19.3. The Balaban J connectivity index is 0. The van der Waals surface area contributed by atoms with Crippen LogP contribution in [0.2, 0.25) is 0 Å². The SMILES string of the molecule is CC/C(=C\C(=O)O)C(=O)OOOC(C)(C)C.O=C(O)/C=C/C(=O)O. The number of hydrogen-bond acceptors (Lipinski definition) is 7. The van der Waals surface area contributed by atoms with Gasteiger partial charge in [0.05, 0.1) is 5.60 Å². The average molecular weight is 348 g/mol. The number of aliphatic carboxylic acids is 3. The Bertz CT molecular complexity index is 494. The Morgan fingerprint density at radius 3 is 1.67 bits per heavy atom. The minimum Gasteiger partial charge on any atom is -0.478 e. The summed E-state index contributed by atoms with van der Waals surface area (Å²) in [7, 11) is 0. The molecule has 0 aliphatic rings. The van der Waals surface area contributed by atoms with Gasteiger partial charge in [0, 0.05) is 23.8 Å². The van der Waals surface area contributed by atoms with E-state index in [1.54, 1.807) is 27.7 Å². The zero-order valence-corrected chi connectivity index (χ0v) is 13.6. The van der Waals surface area contributed by atoms with Crippen LogP contribution in [-0.2, 0) is 34.0 Å². The molecule has 3 N–H and O–H groups in total. The molecule has 136 valence electrons. The molecule has 0 aliphatic carbocycles. The van der Waals surface area contributed by atoms with Gasteiger partial charge in [-0.3, -0.25) is 4.89 Å². The van der Waals surface area contributed by atoms with Gasteiger partial charge in [-0.05, 0) is 32.2 Å². The summed E-state index contributed by atoms with van der Waals surface area (Å²) in [6, 6.07) is 0. The van der Waals surface area contributed by atoms with E-state index in [4.69, 9.17) is 15.3 Å². The van der Waals surface area contributed by atoms with E-state index in [2.05, 4.69) is 14.8 Å². The van der Waals surface area contributed by atoms with Crippen molar-refractivity contribution in [2.75, 3.05) is 0 Å². The Morgan fingerprint density at radius 2 is 1.38 bits per heavy atom. The number of carbonyl (C=O) groups is 4. The fourth-order valence-electron chi connectivity index (χ4n) is 0.800. The molecule has 0 rings (SSSR count). The standard InChI is InChI=1S/C10H16O6.C4H4O4/c1-5-7(6-8(11)12)9(13)14-16-15-10(2,3)4;5-3(6)1-2-4(7)8/h6H,5H2,1-4H3,(H,11,12);1-2H,(H,5,6)(H,7,8)/b7-6+;2-1+. The van der Waals surface area contributed by atoms with Crippen molar-refractivity contribution in [3.8, 4) is 0 Å². The van der Waals surface area contributed by atoms with E-state index in [1.807, 2.05) is 0 Å². The molecule has 0 saturated carbocycles. The molecule has 0 atom stereocenters. The molecule has 0 aromatic rings. The van der Waals surface area contributed by atoms with Crippen molar-refractivity contribution in [1.29, 1.82) is 0 Å². The molecule has 10 nitrogen and oxygen atoms in total. The maximum Gasteiger partial charge on any atom is 0.372 e. The van der Waals surface area contributed by atoms with Gasteiger partial charge in [0.2, 0.25) is 0 Å². The molecule has 0 fully saturated rings. The van der Waals surface area contributed by atoms with Crippen LogP contribution < -0.4 is 0 Å². The first-order valence-corrected chi connectivity index (χ1v) is 6.53. The fourth-order valence-corrected chi connectivity index (χ4v) is 0.800. The first kappa shape index (κ1) is 23.5. The predicted molar refractivity (Wildman–Crippen MR) is 78.4 cm³/mol. The third kappa shape index (κ3) is 17.3. The molecule has 0 saturated heterocycles. The van der Waals surface area contributed by atoms with Gasteiger partial charge in [-0.25, -0.2) is 19.2 Å². The second-order valence-corrected chi connectivity index (χ2v) is 5.01. The molecule has 0 bridgehead atoms. The molecule has 0 aromatic heterocycles. The van der Waals surface area contributed by atoms with Gasteiger partial charge in [0.15, 0.2) is 0 Å². The van der Waals surface area contributed by atoms with Gasteiger partial charge in [0.1, 0.15) is 0 Å². The molecule has 0 amide bonds. The summed E-state index contributed by atoms with van der Waals surface area (Å²) in [4.78, 5) is 49.7. The summed E-state index contributed by atoms with van der Waals surface area (Å²) in [5.74, 6) is -4.61. The Morgan fingerprint density at radius 1 is 0.917 bits per heavy atom. The lowest BCUT2D eigenvalue weighted by molar-refractivity contribution is -0.513. The summed E-state index contributed by atoms with van der Waals surface area (Å²) in [6.07, 6.45) is 2.11. The molecule has 0 spiro atoms. The van der Waals surface area contributed by atoms with Crippen molar-refractivity contribution < 1.29 is 49.3 Å². The largest absolute Gasteiger partial charge is 0.478 e. The molecular formula is C14H20O10. The van der Waals surface area contributed by atoms with Crippen LogP contribution in [0.5, 0.6) is 0 Å². The summed E-state index contributed by atoms with van der Waals surface area (Å²) >= 11 is 0. The second-order valence-electron chi connectivity index (χ2n) is 5.01. The monoisotopic (exact) mass is 348 g/mol. The summed E-state index contributed by atoms with van der Waals surface area (Å²) in [6.45, 7) is 6.73. The van der Waals surface area contributed by atoms with Crippen LogP contribution in [0.4, 0.5) is 0 Å². The van der Waals surface area contributed by atoms with Crippen molar-refractivity contribution in [2.45, 2.75) is 39.7 Å². The van der Waals surface area contributed by atoms with Gasteiger partial charge >= 0.3 is 23.9 Å². The van der Waals surface area contributed by atoms with E-state index in [-0.39, 0.29) is 12.0 Å². The van der Waals surface area contributed by atoms with E-state index in [0.29, 0.717) is 12.2 Å². The van der Waals surface area contributed by atoms with Crippen LogP contribution in [0.25, 0.3) is 0 Å². The highest BCUT2D eigenvalue weighted by atomic mass is 17.5. The first-order chi connectivity index (χ1) is 10.9. The number of carboxylic acid groups (broad SMARTS) is 3. The summed E-state index contributed by atoms with van der Waals surface area (Å²) in [5, 5.41) is 28.3. The molecule has 0 aromatic carbocycles. The molecule has 0 radical (unpaired) electrons. The van der Waals surface area contributed by atoms with Gasteiger partial charge < -0.3 is 15.3 Å². The van der Waals surface area contributed by atoms with Crippen LogP contribution in [0.3, 0.4) is 0 Å². The highest BCUT2D eigenvalue weighted by Gasteiger charge is 2.16. The van der Waals surface area contributed by atoms with Gasteiger partial charge in [-0.2, -0.15) is 4.89 Å². The Hall–Kier alpha value is -2.72. The Kier molecular flexibility index (Phi) is 11.6. The highest BCUT2D eigenvalue weighted by Crippen LogP contribution is 2.09. The topological polar surface area (TPSA) is 157 Å². The van der Waals surface area contributed by atoms with Gasteiger partial charge in [0.25, 0.3) is 0 Å². The molecule has 0 unspecified atom stereocenters. The molecule has 0 aliphatic heterocycles. The lowest BCUT2D eigenvalue weighted by Gasteiger charge is -2.15. The maximum atomic E-state index is 11.2. The highest BCUT2D eigenvalue weighted by molar-refractivity contribution is 5.95. The van der Waals surface area contributed by atoms with Crippen LogP contribution >= 0.6 is 0 Å². The predicted octanol–water partition coefficient (Wildman–Crippen LogP) is 1.32. The molecule has 24 heavy (non-hydrogen) atoms. The van der Waals surface area contributed by atoms with E-state index >= 15 is 0 Å². The minimum absolute atomic E-state index is 0.00925. The van der Waals surface area contributed by atoms with Gasteiger partial charge in [-0.15, -0.1) is 0 Å². The van der Waals surface area contributed by atoms with Gasteiger partial charge in [-0.1, -0.05) is 6.92 Å². The number of hydrogen-bond donors (Lipinski definition) is 3. The second kappa shape index (κ2) is 11.8. The Labute approximate surface area is 137 Å². The summed E-state index contributed by atoms with van der Waals surface area (Å²) in [5.41, 5.74) is -0.631. The van der Waals surface area contributed by atoms with Crippen LogP contribution in [0, 0.1) is 0 Å².